The van der Waals surface area contributed by atoms with Gasteiger partial charge in [0, 0.05) is 24.7 Å². The molecule has 1 aliphatic carbocycles. The van der Waals surface area contributed by atoms with Crippen LogP contribution in [0.3, 0.4) is 0 Å². The highest BCUT2D eigenvalue weighted by molar-refractivity contribution is 5.96. The van der Waals surface area contributed by atoms with E-state index in [4.69, 9.17) is 9.97 Å². The molecule has 0 spiro atoms. The summed E-state index contributed by atoms with van der Waals surface area (Å²) in [6.45, 7) is 6.13. The zero-order valence-corrected chi connectivity index (χ0v) is 23.4. The molecule has 1 atom stereocenters. The van der Waals surface area contributed by atoms with Gasteiger partial charge in [0.15, 0.2) is 0 Å². The van der Waals surface area contributed by atoms with Gasteiger partial charge in [0.2, 0.25) is 5.95 Å². The van der Waals surface area contributed by atoms with Gasteiger partial charge in [-0.1, -0.05) is 74.4 Å². The first kappa shape index (κ1) is 26.4. The second kappa shape index (κ2) is 11.0. The van der Waals surface area contributed by atoms with Gasteiger partial charge in [0.25, 0.3) is 5.91 Å². The third-order valence-corrected chi connectivity index (χ3v) is 9.03. The Morgan fingerprint density at radius 2 is 1.70 bits per heavy atom. The molecule has 1 aliphatic heterocycles. The lowest BCUT2D eigenvalue weighted by Crippen LogP contribution is -2.37. The molecule has 2 aliphatic rings. The normalized spacial score (nSPS) is 18.1. The van der Waals surface area contributed by atoms with Gasteiger partial charge < -0.3 is 10.2 Å². The van der Waals surface area contributed by atoms with Crippen molar-refractivity contribution < 1.29 is 9.18 Å². The molecule has 3 aromatic carbocycles. The third kappa shape index (κ3) is 4.96. The minimum Gasteiger partial charge on any atom is -0.345 e. The number of halogens is 1. The summed E-state index contributed by atoms with van der Waals surface area (Å²) in [5.74, 6) is 0.942. The van der Waals surface area contributed by atoms with Gasteiger partial charge in [-0.2, -0.15) is 0 Å². The van der Waals surface area contributed by atoms with Crippen LogP contribution in [0.15, 0.2) is 72.9 Å². The van der Waals surface area contributed by atoms with Gasteiger partial charge >= 0.3 is 0 Å². The summed E-state index contributed by atoms with van der Waals surface area (Å²) in [5, 5.41) is 5.53. The van der Waals surface area contributed by atoms with Crippen molar-refractivity contribution in [3.63, 3.8) is 0 Å². The first-order valence-corrected chi connectivity index (χ1v) is 14.6. The molecule has 1 aromatic heterocycles. The number of carbonyl (C=O) groups is 1. The smallest absolute Gasteiger partial charge is 0.255 e. The summed E-state index contributed by atoms with van der Waals surface area (Å²) in [6, 6.07) is 21.0. The largest absolute Gasteiger partial charge is 0.345 e. The van der Waals surface area contributed by atoms with Crippen molar-refractivity contribution in [2.75, 3.05) is 18.0 Å². The summed E-state index contributed by atoms with van der Waals surface area (Å²) in [4.78, 5) is 26.2. The topological polar surface area (TPSA) is 58.1 Å². The number of nitrogens with one attached hydrogen (secondary N) is 1. The summed E-state index contributed by atoms with van der Waals surface area (Å²) in [6.07, 6.45) is 7.73. The van der Waals surface area contributed by atoms with Crippen LogP contribution in [0.5, 0.6) is 0 Å². The molecule has 6 rings (SSSR count). The summed E-state index contributed by atoms with van der Waals surface area (Å²) < 4.78 is 14.0. The van der Waals surface area contributed by atoms with E-state index in [1.807, 2.05) is 37.3 Å². The molecule has 5 nitrogen and oxygen atoms in total. The number of aromatic nitrogens is 2. The highest BCUT2D eigenvalue weighted by atomic mass is 19.1. The Labute approximate surface area is 235 Å². The molecule has 1 N–H and O–H groups in total. The number of hydrogen-bond acceptors (Lipinski definition) is 4. The molecule has 1 saturated carbocycles. The second-order valence-electron chi connectivity index (χ2n) is 11.7. The standard InChI is InChI=1S/C34H37FN4O/c1-23-16-20-39(21-17-23)33-36-22-30(31(38-33)34(18-5-6-19-34)26-12-14-27(35)15-13-26)32(40)37-24(2)28-11-7-9-25-8-3-4-10-29(25)28/h3-4,7-15,22-24H,5-6,16-21H2,1-2H3,(H,37,40). The van der Waals surface area contributed by atoms with Gasteiger partial charge in [-0.25, -0.2) is 14.4 Å². The number of carbonyl (C=O) groups excluding carboxylic acids is 1. The lowest BCUT2D eigenvalue weighted by atomic mass is 9.74. The highest BCUT2D eigenvalue weighted by Crippen LogP contribution is 2.47. The maximum atomic E-state index is 14.0. The molecule has 206 valence electrons. The molecule has 2 heterocycles. The molecule has 2 fully saturated rings. The van der Waals surface area contributed by atoms with E-state index < -0.39 is 5.41 Å². The molecule has 4 aromatic rings. The van der Waals surface area contributed by atoms with Crippen molar-refractivity contribution in [3.05, 3.63) is 101 Å². The molecule has 1 saturated heterocycles. The maximum Gasteiger partial charge on any atom is 0.255 e. The molecular weight excluding hydrogens is 499 g/mol. The van der Waals surface area contributed by atoms with Crippen molar-refractivity contribution in [2.45, 2.75) is 63.8 Å². The molecule has 0 radical (unpaired) electrons. The molecule has 1 unspecified atom stereocenters. The Balaban J connectivity index is 1.41. The molecule has 6 heteroatoms. The zero-order chi connectivity index (χ0) is 27.7. The molecular formula is C34H37FN4O. The minimum absolute atomic E-state index is 0.178. The number of rotatable bonds is 6. The van der Waals surface area contributed by atoms with E-state index in [1.54, 1.807) is 6.20 Å². The molecule has 1 amide bonds. The Kier molecular flexibility index (Phi) is 7.26. The van der Waals surface area contributed by atoms with Crippen LogP contribution in [0.4, 0.5) is 10.3 Å². The fourth-order valence-corrected chi connectivity index (χ4v) is 6.65. The summed E-state index contributed by atoms with van der Waals surface area (Å²) >= 11 is 0. The van der Waals surface area contributed by atoms with Crippen molar-refractivity contribution in [1.29, 1.82) is 0 Å². The van der Waals surface area contributed by atoms with E-state index in [-0.39, 0.29) is 17.8 Å². The number of amides is 1. The number of benzene rings is 3. The van der Waals surface area contributed by atoms with E-state index in [2.05, 4.69) is 41.4 Å². The van der Waals surface area contributed by atoms with Gasteiger partial charge in [-0.05, 0) is 72.6 Å². The van der Waals surface area contributed by atoms with E-state index in [1.165, 1.54) is 12.1 Å². The van der Waals surface area contributed by atoms with Crippen LogP contribution >= 0.6 is 0 Å². The van der Waals surface area contributed by atoms with E-state index >= 15 is 0 Å². The Hall–Kier alpha value is -3.80. The number of piperidine rings is 1. The van der Waals surface area contributed by atoms with Crippen molar-refractivity contribution >= 4 is 22.6 Å². The van der Waals surface area contributed by atoms with Crippen LogP contribution in [0.2, 0.25) is 0 Å². The van der Waals surface area contributed by atoms with Crippen LogP contribution in [0.1, 0.15) is 85.6 Å². The first-order chi connectivity index (χ1) is 19.4. The van der Waals surface area contributed by atoms with Crippen molar-refractivity contribution in [2.24, 2.45) is 5.92 Å². The van der Waals surface area contributed by atoms with Crippen LogP contribution in [0.25, 0.3) is 10.8 Å². The fourth-order valence-electron chi connectivity index (χ4n) is 6.65. The first-order valence-electron chi connectivity index (χ1n) is 14.6. The number of hydrogen-bond donors (Lipinski definition) is 1. The monoisotopic (exact) mass is 536 g/mol. The van der Waals surface area contributed by atoms with Crippen LogP contribution in [-0.4, -0.2) is 29.0 Å². The van der Waals surface area contributed by atoms with Crippen LogP contribution in [-0.2, 0) is 5.41 Å². The molecule has 0 bridgehead atoms. The van der Waals surface area contributed by atoms with E-state index in [0.29, 0.717) is 17.4 Å². The minimum atomic E-state index is -0.455. The second-order valence-corrected chi connectivity index (χ2v) is 11.7. The average Bonchev–Trinajstić information content (AvgIpc) is 3.48. The van der Waals surface area contributed by atoms with Crippen LogP contribution < -0.4 is 10.2 Å². The van der Waals surface area contributed by atoms with Crippen LogP contribution in [0, 0.1) is 11.7 Å². The predicted octanol–water partition coefficient (Wildman–Crippen LogP) is 7.36. The Morgan fingerprint density at radius 1 is 1.00 bits per heavy atom. The number of nitrogens with zero attached hydrogens (tertiary/aromatic N) is 3. The zero-order valence-electron chi connectivity index (χ0n) is 23.4. The highest BCUT2D eigenvalue weighted by Gasteiger charge is 2.42. The maximum absolute atomic E-state index is 14.0. The quantitative estimate of drug-likeness (QED) is 0.280. The van der Waals surface area contributed by atoms with Gasteiger partial charge in [0.05, 0.1) is 17.3 Å². The lowest BCUT2D eigenvalue weighted by molar-refractivity contribution is 0.0937. The van der Waals surface area contributed by atoms with Crippen molar-refractivity contribution in [3.8, 4) is 0 Å². The van der Waals surface area contributed by atoms with Crippen molar-refractivity contribution in [1.82, 2.24) is 15.3 Å². The van der Waals surface area contributed by atoms with Gasteiger partial charge in [-0.15, -0.1) is 0 Å². The van der Waals surface area contributed by atoms with E-state index in [9.17, 15) is 9.18 Å². The van der Waals surface area contributed by atoms with Gasteiger partial charge in [0.1, 0.15) is 5.82 Å². The predicted molar refractivity (Wildman–Crippen MR) is 158 cm³/mol. The lowest BCUT2D eigenvalue weighted by Gasteiger charge is -2.34. The Bertz CT molecular complexity index is 1500. The number of anilines is 1. The fraction of sp³-hybridized carbons (Fsp3) is 0.382. The summed E-state index contributed by atoms with van der Waals surface area (Å²) in [7, 11) is 0. The number of fused-ring (bicyclic) bond motifs is 1. The van der Waals surface area contributed by atoms with E-state index in [0.717, 1.165) is 79.2 Å². The molecule has 40 heavy (non-hydrogen) atoms. The third-order valence-electron chi connectivity index (χ3n) is 9.03. The summed E-state index contributed by atoms with van der Waals surface area (Å²) in [5.41, 5.74) is 2.90. The average molecular weight is 537 g/mol. The van der Waals surface area contributed by atoms with Gasteiger partial charge in [-0.3, -0.25) is 4.79 Å². The SMILES string of the molecule is CC1CCN(c2ncc(C(=O)NC(C)c3cccc4ccccc34)c(C3(c4ccc(F)cc4)CCCC3)n2)CC1. The Morgan fingerprint density at radius 3 is 2.45 bits per heavy atom.